The quantitative estimate of drug-likeness (QED) is 0.408. The van der Waals surface area contributed by atoms with Gasteiger partial charge in [-0.3, -0.25) is 0 Å². The van der Waals surface area contributed by atoms with Gasteiger partial charge in [0.2, 0.25) is 0 Å². The molecular formula is C14H30O4Si2. The Kier molecular flexibility index (Phi) is 15.1. The summed E-state index contributed by atoms with van der Waals surface area (Å²) in [6, 6.07) is 0. The number of hydrogen-bond acceptors (Lipinski definition) is 4. The van der Waals surface area contributed by atoms with Crippen LogP contribution in [-0.4, -0.2) is 45.0 Å². The molecule has 0 saturated carbocycles. The summed E-state index contributed by atoms with van der Waals surface area (Å²) in [5.74, 6) is 0. The molecule has 0 aromatic carbocycles. The van der Waals surface area contributed by atoms with Crippen molar-refractivity contribution < 1.29 is 17.7 Å². The minimum Gasteiger partial charge on any atom is -0.388 e. The second kappa shape index (κ2) is 15.2. The first-order valence-corrected chi connectivity index (χ1v) is 10.8. The maximum Gasteiger partial charge on any atom is 0.406 e. The van der Waals surface area contributed by atoms with E-state index in [-0.39, 0.29) is 0 Å². The Bertz CT molecular complexity index is 226. The van der Waals surface area contributed by atoms with E-state index in [0.29, 0.717) is 26.4 Å². The number of hydrogen-bond donors (Lipinski definition) is 0. The molecule has 0 bridgehead atoms. The molecule has 0 aromatic heterocycles. The van der Waals surface area contributed by atoms with Gasteiger partial charge in [-0.15, -0.1) is 0 Å². The van der Waals surface area contributed by atoms with E-state index >= 15 is 0 Å². The molecule has 0 amide bonds. The maximum atomic E-state index is 5.71. The largest absolute Gasteiger partial charge is 0.406 e. The Morgan fingerprint density at radius 2 is 0.800 bits per heavy atom. The van der Waals surface area contributed by atoms with Gasteiger partial charge in [0, 0.05) is 26.4 Å². The minimum atomic E-state index is -1.88. The van der Waals surface area contributed by atoms with Gasteiger partial charge in [-0.2, -0.15) is 0 Å². The monoisotopic (exact) mass is 318 g/mol. The molecule has 0 fully saturated rings. The van der Waals surface area contributed by atoms with Crippen LogP contribution in [-0.2, 0) is 17.7 Å². The fourth-order valence-corrected chi connectivity index (χ4v) is 4.71. The Hall–Kier alpha value is -0.166. The summed E-state index contributed by atoms with van der Waals surface area (Å²) >= 11 is 0. The maximum absolute atomic E-state index is 5.71. The first-order valence-electron chi connectivity index (χ1n) is 7.75. The van der Waals surface area contributed by atoms with Crippen molar-refractivity contribution in [1.82, 2.24) is 0 Å². The lowest BCUT2D eigenvalue weighted by molar-refractivity contribution is 0.206. The van der Waals surface area contributed by atoms with E-state index in [1.807, 2.05) is 0 Å². The van der Waals surface area contributed by atoms with Crippen LogP contribution in [0.15, 0.2) is 0 Å². The summed E-state index contributed by atoms with van der Waals surface area (Å²) in [7, 11) is -3.76. The van der Waals surface area contributed by atoms with Crippen LogP contribution in [0.4, 0.5) is 0 Å². The summed E-state index contributed by atoms with van der Waals surface area (Å²) in [4.78, 5) is 0. The van der Waals surface area contributed by atoms with Crippen molar-refractivity contribution in [2.75, 3.05) is 26.4 Å². The standard InChI is InChI=1S/C14H30O4Si2/c1-5-9-15-19(16-10-6-2)13-14-20(17-11-7-3)18-12-8-4/h19-20H,5-12H2,1-4H3. The molecule has 6 heteroatoms. The first kappa shape index (κ1) is 19.8. The van der Waals surface area contributed by atoms with Gasteiger partial charge >= 0.3 is 18.6 Å². The number of rotatable bonds is 12. The lowest BCUT2D eigenvalue weighted by atomic mass is 10.5. The summed E-state index contributed by atoms with van der Waals surface area (Å²) in [6.45, 7) is 11.2. The molecule has 0 heterocycles. The molecule has 118 valence electrons. The van der Waals surface area contributed by atoms with Crippen LogP contribution in [0.25, 0.3) is 0 Å². The molecule has 0 radical (unpaired) electrons. The first-order chi connectivity index (χ1) is 9.78. The van der Waals surface area contributed by atoms with E-state index in [0.717, 1.165) is 25.7 Å². The Balaban J connectivity index is 4.40. The second-order valence-electron chi connectivity index (χ2n) is 4.44. The van der Waals surface area contributed by atoms with E-state index in [1.165, 1.54) is 0 Å². The fraction of sp³-hybridized carbons (Fsp3) is 0.857. The summed E-state index contributed by atoms with van der Waals surface area (Å²) in [6.07, 6.45) is 3.95. The highest BCUT2D eigenvalue weighted by atomic mass is 28.3. The van der Waals surface area contributed by atoms with E-state index in [1.54, 1.807) is 0 Å². The highest BCUT2D eigenvalue weighted by molar-refractivity contribution is 6.61. The lowest BCUT2D eigenvalue weighted by Gasteiger charge is -2.12. The molecular weight excluding hydrogens is 288 g/mol. The van der Waals surface area contributed by atoms with E-state index < -0.39 is 18.6 Å². The molecule has 4 nitrogen and oxygen atoms in total. The van der Waals surface area contributed by atoms with Crippen LogP contribution < -0.4 is 0 Å². The van der Waals surface area contributed by atoms with Gasteiger partial charge in [0.05, 0.1) is 0 Å². The third-order valence-electron chi connectivity index (χ3n) is 2.21. The molecule has 0 aliphatic rings. The Morgan fingerprint density at radius 3 is 1.00 bits per heavy atom. The third-order valence-corrected chi connectivity index (χ3v) is 5.50. The average Bonchev–Trinajstić information content (AvgIpc) is 2.48. The molecule has 0 atom stereocenters. The van der Waals surface area contributed by atoms with Crippen molar-refractivity contribution in [1.29, 1.82) is 0 Å². The van der Waals surface area contributed by atoms with Crippen molar-refractivity contribution in [3.8, 4) is 11.1 Å². The zero-order valence-electron chi connectivity index (χ0n) is 13.4. The summed E-state index contributed by atoms with van der Waals surface area (Å²) in [5, 5.41) is 0. The molecule has 0 unspecified atom stereocenters. The fourth-order valence-electron chi connectivity index (χ4n) is 1.30. The molecule has 0 rings (SSSR count). The van der Waals surface area contributed by atoms with Gasteiger partial charge in [0.1, 0.15) is 0 Å². The normalized spacial score (nSPS) is 10.9. The van der Waals surface area contributed by atoms with Crippen molar-refractivity contribution in [2.45, 2.75) is 53.4 Å². The molecule has 0 spiro atoms. The average molecular weight is 319 g/mol. The SMILES string of the molecule is CCCO[SiH](C#C[SiH](OCCC)OCCC)OCCC. The van der Waals surface area contributed by atoms with Gasteiger partial charge in [0.15, 0.2) is 0 Å². The second-order valence-corrected chi connectivity index (χ2v) is 7.67. The molecule has 0 aliphatic heterocycles. The predicted octanol–water partition coefficient (Wildman–Crippen LogP) is 2.22. The Morgan fingerprint density at radius 1 is 0.550 bits per heavy atom. The summed E-state index contributed by atoms with van der Waals surface area (Å²) < 4.78 is 22.8. The van der Waals surface area contributed by atoms with E-state index in [9.17, 15) is 0 Å². The molecule has 0 aromatic rings. The predicted molar refractivity (Wildman–Crippen MR) is 87.0 cm³/mol. The van der Waals surface area contributed by atoms with Crippen LogP contribution in [0.5, 0.6) is 0 Å². The van der Waals surface area contributed by atoms with Crippen LogP contribution in [0, 0.1) is 11.1 Å². The summed E-state index contributed by atoms with van der Waals surface area (Å²) in [5.41, 5.74) is 6.33. The zero-order chi connectivity index (χ0) is 15.1. The topological polar surface area (TPSA) is 36.9 Å². The molecule has 0 N–H and O–H groups in total. The third kappa shape index (κ3) is 11.6. The minimum absolute atomic E-state index is 0.715. The van der Waals surface area contributed by atoms with Gasteiger partial charge in [-0.25, -0.2) is 0 Å². The van der Waals surface area contributed by atoms with Gasteiger partial charge in [-0.05, 0) is 25.7 Å². The van der Waals surface area contributed by atoms with Gasteiger partial charge < -0.3 is 17.7 Å². The van der Waals surface area contributed by atoms with Crippen LogP contribution in [0.2, 0.25) is 0 Å². The lowest BCUT2D eigenvalue weighted by Crippen LogP contribution is -2.26. The van der Waals surface area contributed by atoms with Crippen LogP contribution in [0.1, 0.15) is 53.4 Å². The Labute approximate surface area is 127 Å². The van der Waals surface area contributed by atoms with Crippen LogP contribution in [0.3, 0.4) is 0 Å². The molecule has 0 aliphatic carbocycles. The molecule has 20 heavy (non-hydrogen) atoms. The highest BCUT2D eigenvalue weighted by Crippen LogP contribution is 1.95. The smallest absolute Gasteiger partial charge is 0.388 e. The van der Waals surface area contributed by atoms with Gasteiger partial charge in [-0.1, -0.05) is 38.8 Å². The zero-order valence-corrected chi connectivity index (χ0v) is 15.8. The van der Waals surface area contributed by atoms with Crippen molar-refractivity contribution >= 4 is 18.6 Å². The molecule has 0 saturated heterocycles. The van der Waals surface area contributed by atoms with E-state index in [2.05, 4.69) is 38.8 Å². The van der Waals surface area contributed by atoms with Crippen molar-refractivity contribution in [2.24, 2.45) is 0 Å². The van der Waals surface area contributed by atoms with Crippen LogP contribution >= 0.6 is 0 Å². The highest BCUT2D eigenvalue weighted by Gasteiger charge is 2.13. The van der Waals surface area contributed by atoms with Gasteiger partial charge in [0.25, 0.3) is 0 Å². The van der Waals surface area contributed by atoms with E-state index in [4.69, 9.17) is 17.7 Å². The van der Waals surface area contributed by atoms with Crippen molar-refractivity contribution in [3.63, 3.8) is 0 Å². The van der Waals surface area contributed by atoms with Crippen molar-refractivity contribution in [3.05, 3.63) is 0 Å².